The molecule has 1 rings (SSSR count). The van der Waals surface area contributed by atoms with Crippen LogP contribution >= 0.6 is 0 Å². The lowest BCUT2D eigenvalue weighted by Gasteiger charge is -2.08. The molecule has 0 spiro atoms. The van der Waals surface area contributed by atoms with Gasteiger partial charge in [-0.2, -0.15) is 0 Å². The maximum atomic E-state index is 11.4. The largest absolute Gasteiger partial charge is 0.506 e. The number of phenols is 1. The summed E-state index contributed by atoms with van der Waals surface area (Å²) in [6.45, 7) is 1.56. The van der Waals surface area contributed by atoms with E-state index in [1.165, 1.54) is 6.07 Å². The van der Waals surface area contributed by atoms with E-state index >= 15 is 0 Å². The SMILES string of the molecule is Cc1ccc(O)c(NC(=O)C(=O)NCCO)c1. The molecule has 0 saturated carbocycles. The molecule has 0 radical (unpaired) electrons. The number of aryl methyl sites for hydroxylation is 1. The number of aliphatic hydroxyl groups excluding tert-OH is 1. The van der Waals surface area contributed by atoms with Crippen LogP contribution in [0.3, 0.4) is 0 Å². The van der Waals surface area contributed by atoms with Crippen molar-refractivity contribution in [2.24, 2.45) is 0 Å². The first-order chi connectivity index (χ1) is 8.04. The molecule has 0 saturated heterocycles. The van der Waals surface area contributed by atoms with Crippen molar-refractivity contribution in [3.8, 4) is 5.75 Å². The fourth-order valence-corrected chi connectivity index (χ4v) is 1.18. The lowest BCUT2D eigenvalue weighted by atomic mass is 10.2. The molecule has 0 aromatic heterocycles. The monoisotopic (exact) mass is 238 g/mol. The number of phenolic OH excluding ortho intramolecular Hbond substituents is 1. The van der Waals surface area contributed by atoms with Crippen LogP contribution < -0.4 is 10.6 Å². The number of anilines is 1. The molecule has 92 valence electrons. The highest BCUT2D eigenvalue weighted by Gasteiger charge is 2.14. The van der Waals surface area contributed by atoms with Gasteiger partial charge in [-0.25, -0.2) is 0 Å². The first-order valence-electron chi connectivity index (χ1n) is 5.04. The van der Waals surface area contributed by atoms with E-state index in [1.54, 1.807) is 19.1 Å². The first-order valence-corrected chi connectivity index (χ1v) is 5.04. The van der Waals surface area contributed by atoms with Crippen LogP contribution in [0, 0.1) is 6.92 Å². The Morgan fingerprint density at radius 3 is 2.65 bits per heavy atom. The van der Waals surface area contributed by atoms with Gasteiger partial charge in [-0.1, -0.05) is 6.07 Å². The van der Waals surface area contributed by atoms with Gasteiger partial charge in [0.2, 0.25) is 0 Å². The third-order valence-corrected chi connectivity index (χ3v) is 2.00. The van der Waals surface area contributed by atoms with Crippen LogP contribution in [0.1, 0.15) is 5.56 Å². The number of carbonyl (C=O) groups excluding carboxylic acids is 2. The van der Waals surface area contributed by atoms with Gasteiger partial charge < -0.3 is 20.8 Å². The molecule has 0 aliphatic heterocycles. The number of amides is 2. The van der Waals surface area contributed by atoms with Crippen LogP contribution in [-0.2, 0) is 9.59 Å². The van der Waals surface area contributed by atoms with Crippen LogP contribution in [0.5, 0.6) is 5.75 Å². The number of benzene rings is 1. The molecule has 6 heteroatoms. The number of rotatable bonds is 3. The zero-order chi connectivity index (χ0) is 12.8. The van der Waals surface area contributed by atoms with E-state index in [-0.39, 0.29) is 24.6 Å². The molecule has 0 heterocycles. The Labute approximate surface area is 98.3 Å². The minimum atomic E-state index is -0.889. The summed E-state index contributed by atoms with van der Waals surface area (Å²) in [6.07, 6.45) is 0. The number of aromatic hydroxyl groups is 1. The summed E-state index contributed by atoms with van der Waals surface area (Å²) in [5.41, 5.74) is 1.02. The van der Waals surface area contributed by atoms with Crippen molar-refractivity contribution in [3.63, 3.8) is 0 Å². The Morgan fingerprint density at radius 1 is 1.29 bits per heavy atom. The smallest absolute Gasteiger partial charge is 0.313 e. The number of nitrogens with one attached hydrogen (secondary N) is 2. The van der Waals surface area contributed by atoms with Gasteiger partial charge in [0.1, 0.15) is 5.75 Å². The average Bonchev–Trinajstić information content (AvgIpc) is 2.30. The molecule has 6 nitrogen and oxygen atoms in total. The van der Waals surface area contributed by atoms with E-state index in [0.29, 0.717) is 0 Å². The topological polar surface area (TPSA) is 98.7 Å². The third-order valence-electron chi connectivity index (χ3n) is 2.00. The molecule has 17 heavy (non-hydrogen) atoms. The van der Waals surface area contributed by atoms with E-state index in [9.17, 15) is 14.7 Å². The fraction of sp³-hybridized carbons (Fsp3) is 0.273. The summed E-state index contributed by atoms with van der Waals surface area (Å²) in [4.78, 5) is 22.6. The molecule has 2 amide bonds. The lowest BCUT2D eigenvalue weighted by molar-refractivity contribution is -0.136. The van der Waals surface area contributed by atoms with E-state index in [2.05, 4.69) is 10.6 Å². The van der Waals surface area contributed by atoms with E-state index in [1.807, 2.05) is 0 Å². The maximum Gasteiger partial charge on any atom is 0.313 e. The summed E-state index contributed by atoms with van der Waals surface area (Å²) in [6, 6.07) is 4.65. The summed E-state index contributed by atoms with van der Waals surface area (Å²) in [7, 11) is 0. The minimum Gasteiger partial charge on any atom is -0.506 e. The highest BCUT2D eigenvalue weighted by molar-refractivity contribution is 6.39. The summed E-state index contributed by atoms with van der Waals surface area (Å²) < 4.78 is 0. The van der Waals surface area contributed by atoms with Crippen molar-refractivity contribution in [1.29, 1.82) is 0 Å². The van der Waals surface area contributed by atoms with Gasteiger partial charge in [0.25, 0.3) is 0 Å². The highest BCUT2D eigenvalue weighted by atomic mass is 16.3. The zero-order valence-corrected chi connectivity index (χ0v) is 9.36. The van der Waals surface area contributed by atoms with Crippen LogP contribution in [-0.4, -0.2) is 35.2 Å². The Hall–Kier alpha value is -2.08. The molecule has 4 N–H and O–H groups in total. The van der Waals surface area contributed by atoms with Gasteiger partial charge in [-0.3, -0.25) is 9.59 Å². The van der Waals surface area contributed by atoms with Crippen LogP contribution in [0.2, 0.25) is 0 Å². The predicted molar refractivity (Wildman–Crippen MR) is 61.6 cm³/mol. The van der Waals surface area contributed by atoms with Crippen molar-refractivity contribution in [2.45, 2.75) is 6.92 Å². The Morgan fingerprint density at radius 2 is 2.00 bits per heavy atom. The molecule has 1 aromatic carbocycles. The highest BCUT2D eigenvalue weighted by Crippen LogP contribution is 2.23. The fourth-order valence-electron chi connectivity index (χ4n) is 1.18. The van der Waals surface area contributed by atoms with Gasteiger partial charge >= 0.3 is 11.8 Å². The van der Waals surface area contributed by atoms with Gasteiger partial charge in [0.15, 0.2) is 0 Å². The van der Waals surface area contributed by atoms with E-state index in [4.69, 9.17) is 5.11 Å². The quantitative estimate of drug-likeness (QED) is 0.431. The second kappa shape index (κ2) is 5.86. The summed E-state index contributed by atoms with van der Waals surface area (Å²) in [5.74, 6) is -1.86. The van der Waals surface area contributed by atoms with Gasteiger partial charge in [0.05, 0.1) is 12.3 Å². The molecule has 0 fully saturated rings. The normalized spacial score (nSPS) is 9.76. The van der Waals surface area contributed by atoms with Crippen molar-refractivity contribution in [3.05, 3.63) is 23.8 Å². The number of hydrogen-bond acceptors (Lipinski definition) is 4. The molecular weight excluding hydrogens is 224 g/mol. The Bertz CT molecular complexity index is 431. The molecule has 0 atom stereocenters. The van der Waals surface area contributed by atoms with Gasteiger partial charge in [0, 0.05) is 6.54 Å². The van der Waals surface area contributed by atoms with Crippen molar-refractivity contribution in [2.75, 3.05) is 18.5 Å². The third kappa shape index (κ3) is 3.76. The predicted octanol–water partition coefficient (Wildman–Crippen LogP) is -0.252. The molecule has 1 aromatic rings. The van der Waals surface area contributed by atoms with Crippen molar-refractivity contribution < 1.29 is 19.8 Å². The average molecular weight is 238 g/mol. The van der Waals surface area contributed by atoms with E-state index < -0.39 is 11.8 Å². The van der Waals surface area contributed by atoms with Gasteiger partial charge in [-0.15, -0.1) is 0 Å². The first kappa shape index (κ1) is 13.0. The summed E-state index contributed by atoms with van der Waals surface area (Å²) in [5, 5.41) is 22.4. The minimum absolute atomic E-state index is 0.00600. The number of carbonyl (C=O) groups is 2. The van der Waals surface area contributed by atoms with Crippen LogP contribution in [0.15, 0.2) is 18.2 Å². The molecule has 0 aliphatic rings. The van der Waals surface area contributed by atoms with Gasteiger partial charge in [-0.05, 0) is 24.6 Å². The summed E-state index contributed by atoms with van der Waals surface area (Å²) >= 11 is 0. The van der Waals surface area contributed by atoms with Crippen molar-refractivity contribution in [1.82, 2.24) is 5.32 Å². The second-order valence-electron chi connectivity index (χ2n) is 3.45. The van der Waals surface area contributed by atoms with E-state index in [0.717, 1.165) is 5.56 Å². The van der Waals surface area contributed by atoms with Crippen LogP contribution in [0.25, 0.3) is 0 Å². The Balaban J connectivity index is 2.67. The zero-order valence-electron chi connectivity index (χ0n) is 9.36. The maximum absolute atomic E-state index is 11.4. The standard InChI is InChI=1S/C11H14N2O4/c1-7-2-3-9(15)8(6-7)13-11(17)10(16)12-4-5-14/h2-3,6,14-15H,4-5H2,1H3,(H,12,16)(H,13,17). The molecular formula is C11H14N2O4. The molecule has 0 aliphatic carbocycles. The number of hydrogen-bond donors (Lipinski definition) is 4. The molecule has 0 bridgehead atoms. The van der Waals surface area contributed by atoms with Crippen LogP contribution in [0.4, 0.5) is 5.69 Å². The lowest BCUT2D eigenvalue weighted by Crippen LogP contribution is -2.36. The Kier molecular flexibility index (Phi) is 4.47. The second-order valence-corrected chi connectivity index (χ2v) is 3.45. The number of aliphatic hydroxyl groups is 1. The van der Waals surface area contributed by atoms with Crippen molar-refractivity contribution >= 4 is 17.5 Å². The molecule has 0 unspecified atom stereocenters.